The number of hydrogen-bond acceptors (Lipinski definition) is 3. The molecule has 19 heavy (non-hydrogen) atoms. The first-order chi connectivity index (χ1) is 9.09. The van der Waals surface area contributed by atoms with E-state index in [2.05, 4.69) is 29.8 Å². The van der Waals surface area contributed by atoms with Crippen molar-refractivity contribution in [3.05, 3.63) is 0 Å². The SMILES string of the molecule is CC(C)CCCCCCNC(=O)C1CNC(=O)CN1. The van der Waals surface area contributed by atoms with Gasteiger partial charge < -0.3 is 10.6 Å². The number of hydrogen-bond donors (Lipinski definition) is 3. The summed E-state index contributed by atoms with van der Waals surface area (Å²) in [6, 6.07) is -0.279. The maximum Gasteiger partial charge on any atom is 0.238 e. The molecule has 5 heteroatoms. The molecule has 0 aliphatic carbocycles. The molecule has 1 unspecified atom stereocenters. The number of rotatable bonds is 8. The Balaban J connectivity index is 1.97. The summed E-state index contributed by atoms with van der Waals surface area (Å²) >= 11 is 0. The van der Waals surface area contributed by atoms with E-state index in [0.717, 1.165) is 18.9 Å². The third kappa shape index (κ3) is 7.15. The molecule has 1 atom stereocenters. The maximum atomic E-state index is 11.8. The predicted molar refractivity (Wildman–Crippen MR) is 75.7 cm³/mol. The monoisotopic (exact) mass is 269 g/mol. The molecular formula is C14H27N3O2. The molecule has 2 amide bonds. The van der Waals surface area contributed by atoms with Crippen LogP contribution in [-0.2, 0) is 9.59 Å². The van der Waals surface area contributed by atoms with E-state index in [4.69, 9.17) is 0 Å². The summed E-state index contributed by atoms with van der Waals surface area (Å²) in [6.07, 6.45) is 6.01. The molecule has 0 aromatic heterocycles. The number of carbonyl (C=O) groups is 2. The topological polar surface area (TPSA) is 70.2 Å². The van der Waals surface area contributed by atoms with Gasteiger partial charge in [-0.1, -0.05) is 39.5 Å². The van der Waals surface area contributed by atoms with E-state index in [1.165, 1.54) is 25.7 Å². The molecule has 1 heterocycles. The molecule has 110 valence electrons. The molecular weight excluding hydrogens is 242 g/mol. The summed E-state index contributed by atoms with van der Waals surface area (Å²) in [6.45, 7) is 5.84. The summed E-state index contributed by atoms with van der Waals surface area (Å²) in [5, 5.41) is 8.51. The average molecular weight is 269 g/mol. The van der Waals surface area contributed by atoms with Crippen molar-refractivity contribution in [3.63, 3.8) is 0 Å². The molecule has 3 N–H and O–H groups in total. The second-order valence-corrected chi connectivity index (χ2v) is 5.63. The first-order valence-corrected chi connectivity index (χ1v) is 7.37. The minimum Gasteiger partial charge on any atom is -0.355 e. The Hall–Kier alpha value is -1.10. The Bertz CT molecular complexity index is 282. The first kappa shape index (κ1) is 16.0. The summed E-state index contributed by atoms with van der Waals surface area (Å²) in [5.74, 6) is 0.726. The van der Waals surface area contributed by atoms with Gasteiger partial charge in [0.1, 0.15) is 6.04 Å². The molecule has 0 radical (unpaired) electrons. The van der Waals surface area contributed by atoms with Gasteiger partial charge in [0.25, 0.3) is 0 Å². The van der Waals surface area contributed by atoms with Gasteiger partial charge in [-0.05, 0) is 12.3 Å². The first-order valence-electron chi connectivity index (χ1n) is 7.37. The highest BCUT2D eigenvalue weighted by Crippen LogP contribution is 2.08. The van der Waals surface area contributed by atoms with Crippen molar-refractivity contribution in [1.82, 2.24) is 16.0 Å². The lowest BCUT2D eigenvalue weighted by Gasteiger charge is -2.23. The highest BCUT2D eigenvalue weighted by Gasteiger charge is 2.22. The second kappa shape index (κ2) is 8.91. The molecule has 1 aliphatic heterocycles. The van der Waals surface area contributed by atoms with E-state index in [1.54, 1.807) is 0 Å². The second-order valence-electron chi connectivity index (χ2n) is 5.63. The van der Waals surface area contributed by atoms with E-state index in [9.17, 15) is 9.59 Å². The van der Waals surface area contributed by atoms with Crippen LogP contribution < -0.4 is 16.0 Å². The molecule has 1 fully saturated rings. The molecule has 0 aromatic rings. The third-order valence-electron chi connectivity index (χ3n) is 3.34. The fourth-order valence-corrected chi connectivity index (χ4v) is 2.12. The number of nitrogens with one attached hydrogen (secondary N) is 3. The molecule has 0 bridgehead atoms. The Morgan fingerprint density at radius 2 is 2.05 bits per heavy atom. The number of unbranched alkanes of at least 4 members (excludes halogenated alkanes) is 3. The smallest absolute Gasteiger partial charge is 0.238 e. The van der Waals surface area contributed by atoms with Gasteiger partial charge in [0.05, 0.1) is 6.54 Å². The van der Waals surface area contributed by atoms with Gasteiger partial charge in [-0.25, -0.2) is 0 Å². The Morgan fingerprint density at radius 1 is 1.32 bits per heavy atom. The van der Waals surface area contributed by atoms with Gasteiger partial charge >= 0.3 is 0 Å². The molecule has 0 saturated carbocycles. The standard InChI is InChI=1S/C14H27N3O2/c1-11(2)7-5-3-4-6-8-15-14(19)12-9-17-13(18)10-16-12/h11-12,16H,3-10H2,1-2H3,(H,15,19)(H,17,18). The molecule has 5 nitrogen and oxygen atoms in total. The lowest BCUT2D eigenvalue weighted by molar-refractivity contribution is -0.126. The molecule has 0 spiro atoms. The van der Waals surface area contributed by atoms with Crippen LogP contribution in [-0.4, -0.2) is 37.5 Å². The highest BCUT2D eigenvalue weighted by molar-refractivity contribution is 5.86. The maximum absolute atomic E-state index is 11.8. The van der Waals surface area contributed by atoms with Crippen molar-refractivity contribution in [3.8, 4) is 0 Å². The fourth-order valence-electron chi connectivity index (χ4n) is 2.12. The number of carbonyl (C=O) groups excluding carboxylic acids is 2. The summed E-state index contributed by atoms with van der Waals surface area (Å²) in [4.78, 5) is 22.7. The lowest BCUT2D eigenvalue weighted by Crippen LogP contribution is -2.58. The van der Waals surface area contributed by atoms with E-state index >= 15 is 0 Å². The minimum absolute atomic E-state index is 0.0119. The van der Waals surface area contributed by atoms with Crippen LogP contribution in [0.5, 0.6) is 0 Å². The van der Waals surface area contributed by atoms with Gasteiger partial charge in [0, 0.05) is 13.1 Å². The summed E-state index contributed by atoms with van der Waals surface area (Å²) in [5.41, 5.74) is 0. The van der Waals surface area contributed by atoms with Crippen LogP contribution in [0.2, 0.25) is 0 Å². The number of amides is 2. The normalized spacial score (nSPS) is 19.3. The Morgan fingerprint density at radius 3 is 2.68 bits per heavy atom. The Labute approximate surface area is 115 Å². The van der Waals surface area contributed by atoms with Crippen molar-refractivity contribution < 1.29 is 9.59 Å². The van der Waals surface area contributed by atoms with Gasteiger partial charge in [0.2, 0.25) is 11.8 Å². The average Bonchev–Trinajstić information content (AvgIpc) is 2.38. The van der Waals surface area contributed by atoms with Crippen molar-refractivity contribution in [2.75, 3.05) is 19.6 Å². The zero-order valence-corrected chi connectivity index (χ0v) is 12.1. The minimum atomic E-state index is -0.279. The molecule has 0 aromatic carbocycles. The zero-order chi connectivity index (χ0) is 14.1. The zero-order valence-electron chi connectivity index (χ0n) is 12.1. The highest BCUT2D eigenvalue weighted by atomic mass is 16.2. The van der Waals surface area contributed by atoms with Gasteiger partial charge in [-0.15, -0.1) is 0 Å². The van der Waals surface area contributed by atoms with Crippen LogP contribution in [0, 0.1) is 5.92 Å². The van der Waals surface area contributed by atoms with Crippen LogP contribution in [0.3, 0.4) is 0 Å². The van der Waals surface area contributed by atoms with E-state index < -0.39 is 0 Å². The van der Waals surface area contributed by atoms with Crippen molar-refractivity contribution >= 4 is 11.8 Å². The predicted octanol–water partition coefficient (Wildman–Crippen LogP) is 0.797. The molecule has 1 saturated heterocycles. The van der Waals surface area contributed by atoms with Gasteiger partial charge in [-0.3, -0.25) is 14.9 Å². The summed E-state index contributed by atoms with van der Waals surface area (Å²) < 4.78 is 0. The molecule has 1 aliphatic rings. The van der Waals surface area contributed by atoms with Crippen molar-refractivity contribution in [2.45, 2.75) is 52.0 Å². The third-order valence-corrected chi connectivity index (χ3v) is 3.34. The van der Waals surface area contributed by atoms with E-state index in [0.29, 0.717) is 6.54 Å². The largest absolute Gasteiger partial charge is 0.355 e. The van der Waals surface area contributed by atoms with Crippen LogP contribution in [0.1, 0.15) is 46.0 Å². The van der Waals surface area contributed by atoms with Crippen LogP contribution in [0.25, 0.3) is 0 Å². The van der Waals surface area contributed by atoms with Gasteiger partial charge in [0.15, 0.2) is 0 Å². The van der Waals surface area contributed by atoms with Crippen molar-refractivity contribution in [2.24, 2.45) is 5.92 Å². The fraction of sp³-hybridized carbons (Fsp3) is 0.857. The van der Waals surface area contributed by atoms with Crippen LogP contribution in [0.15, 0.2) is 0 Å². The van der Waals surface area contributed by atoms with E-state index in [-0.39, 0.29) is 24.4 Å². The van der Waals surface area contributed by atoms with Crippen LogP contribution in [0.4, 0.5) is 0 Å². The number of piperazine rings is 1. The molecule has 1 rings (SSSR count). The van der Waals surface area contributed by atoms with Crippen molar-refractivity contribution in [1.29, 1.82) is 0 Å². The van der Waals surface area contributed by atoms with E-state index in [1.807, 2.05) is 0 Å². The quantitative estimate of drug-likeness (QED) is 0.571. The summed E-state index contributed by atoms with van der Waals surface area (Å²) in [7, 11) is 0. The lowest BCUT2D eigenvalue weighted by atomic mass is 10.0. The van der Waals surface area contributed by atoms with Crippen LogP contribution >= 0.6 is 0 Å². The Kier molecular flexibility index (Phi) is 7.48. The van der Waals surface area contributed by atoms with Gasteiger partial charge in [-0.2, -0.15) is 0 Å².